The van der Waals surface area contributed by atoms with Gasteiger partial charge in [-0.3, -0.25) is 0 Å². The third-order valence-electron chi connectivity index (χ3n) is 1.86. The average molecular weight is 183 g/mol. The van der Waals surface area contributed by atoms with Gasteiger partial charge in [0.2, 0.25) is 0 Å². The van der Waals surface area contributed by atoms with Crippen molar-refractivity contribution in [2.75, 3.05) is 6.54 Å². The Kier molecular flexibility index (Phi) is 2.17. The number of H-pyrrole nitrogens is 1. The van der Waals surface area contributed by atoms with Crippen molar-refractivity contribution < 1.29 is 9.53 Å². The number of tetrazole rings is 1. The molecule has 2 heterocycles. The highest BCUT2D eigenvalue weighted by atomic mass is 16.6. The fourth-order valence-corrected chi connectivity index (χ4v) is 1.24. The van der Waals surface area contributed by atoms with Crippen molar-refractivity contribution in [1.82, 2.24) is 25.9 Å². The zero-order valence-electron chi connectivity index (χ0n) is 6.86. The monoisotopic (exact) mass is 183 g/mol. The molecule has 0 radical (unpaired) electrons. The molecule has 0 amide bonds. The molecule has 2 N–H and O–H groups in total. The van der Waals surface area contributed by atoms with E-state index in [4.69, 9.17) is 4.74 Å². The smallest absolute Gasteiger partial charge is 0.363 e. The van der Waals surface area contributed by atoms with Crippen LogP contribution in [-0.2, 0) is 4.79 Å². The summed E-state index contributed by atoms with van der Waals surface area (Å²) >= 11 is 0. The molecule has 1 atom stereocenters. The quantitative estimate of drug-likeness (QED) is 0.563. The summed E-state index contributed by atoms with van der Waals surface area (Å²) in [5.41, 5.74) is 0. The van der Waals surface area contributed by atoms with Crippen molar-refractivity contribution in [1.29, 1.82) is 0 Å². The molecule has 0 unspecified atom stereocenters. The molecule has 1 aromatic heterocycles. The van der Waals surface area contributed by atoms with Crippen LogP contribution in [0.15, 0.2) is 0 Å². The maximum Gasteiger partial charge on any atom is 0.363 e. The zero-order chi connectivity index (χ0) is 9.10. The van der Waals surface area contributed by atoms with Gasteiger partial charge in [-0.1, -0.05) is 10.2 Å². The number of carbonyl (C=O) groups excluding carboxylic acids is 1. The first-order valence-corrected chi connectivity index (χ1v) is 4.05. The average Bonchev–Trinajstić information content (AvgIpc) is 2.74. The molecule has 7 nitrogen and oxygen atoms in total. The number of hydrogen-bond donors (Lipinski definition) is 2. The highest BCUT2D eigenvalue weighted by Gasteiger charge is 2.24. The number of rotatable bonds is 2. The summed E-state index contributed by atoms with van der Waals surface area (Å²) in [6, 6.07) is -0.253. The second kappa shape index (κ2) is 3.48. The molecule has 70 valence electrons. The van der Waals surface area contributed by atoms with Crippen LogP contribution in [0.1, 0.15) is 12.8 Å². The van der Waals surface area contributed by atoms with Crippen LogP contribution in [0.3, 0.4) is 0 Å². The summed E-state index contributed by atoms with van der Waals surface area (Å²) in [6.07, 6.45) is 1.79. The van der Waals surface area contributed by atoms with E-state index in [9.17, 15) is 4.79 Å². The van der Waals surface area contributed by atoms with Crippen LogP contribution in [-0.4, -0.2) is 39.2 Å². The van der Waals surface area contributed by atoms with E-state index < -0.39 is 0 Å². The van der Waals surface area contributed by atoms with E-state index in [0.717, 1.165) is 19.4 Å². The first-order chi connectivity index (χ1) is 6.36. The molecule has 0 aromatic carbocycles. The number of aromatic nitrogens is 4. The SMILES string of the molecule is O=C(Oc1nn[nH]n1)[C@@H]1CCCN1. The Hall–Kier alpha value is -1.50. The molecule has 1 saturated heterocycles. The minimum Gasteiger partial charge on any atom is -0.387 e. The van der Waals surface area contributed by atoms with Crippen LogP contribution < -0.4 is 10.1 Å². The van der Waals surface area contributed by atoms with Gasteiger partial charge in [-0.25, -0.2) is 4.79 Å². The van der Waals surface area contributed by atoms with Crippen molar-refractivity contribution in [3.63, 3.8) is 0 Å². The van der Waals surface area contributed by atoms with Gasteiger partial charge < -0.3 is 10.1 Å². The molecule has 0 saturated carbocycles. The number of hydrogen-bond acceptors (Lipinski definition) is 6. The highest BCUT2D eigenvalue weighted by molar-refractivity contribution is 5.77. The molecular weight excluding hydrogens is 174 g/mol. The zero-order valence-corrected chi connectivity index (χ0v) is 6.86. The van der Waals surface area contributed by atoms with Gasteiger partial charge in [0.1, 0.15) is 6.04 Å². The summed E-state index contributed by atoms with van der Waals surface area (Å²) in [5.74, 6) is -0.348. The van der Waals surface area contributed by atoms with Gasteiger partial charge in [-0.2, -0.15) is 5.21 Å². The van der Waals surface area contributed by atoms with Gasteiger partial charge in [0, 0.05) is 0 Å². The first-order valence-electron chi connectivity index (χ1n) is 4.05. The number of ether oxygens (including phenoxy) is 1. The maximum atomic E-state index is 11.3. The molecule has 0 spiro atoms. The summed E-state index contributed by atoms with van der Waals surface area (Å²) in [7, 11) is 0. The number of esters is 1. The van der Waals surface area contributed by atoms with Crippen LogP contribution in [0.4, 0.5) is 0 Å². The maximum absolute atomic E-state index is 11.3. The second-order valence-corrected chi connectivity index (χ2v) is 2.76. The normalized spacial score (nSPS) is 21.7. The number of aromatic amines is 1. The van der Waals surface area contributed by atoms with Gasteiger partial charge in [0.15, 0.2) is 0 Å². The lowest BCUT2D eigenvalue weighted by Crippen LogP contribution is -2.34. The van der Waals surface area contributed by atoms with Crippen molar-refractivity contribution >= 4 is 5.97 Å². The summed E-state index contributed by atoms with van der Waals surface area (Å²) in [4.78, 5) is 11.3. The number of carbonyl (C=O) groups is 1. The van der Waals surface area contributed by atoms with Crippen LogP contribution in [0.25, 0.3) is 0 Å². The Balaban J connectivity index is 1.91. The van der Waals surface area contributed by atoms with Crippen molar-refractivity contribution in [3.05, 3.63) is 0 Å². The topological polar surface area (TPSA) is 92.8 Å². The van der Waals surface area contributed by atoms with E-state index in [1.807, 2.05) is 0 Å². The molecule has 1 fully saturated rings. The molecule has 1 aliphatic rings. The predicted octanol–water partition coefficient (Wildman–Crippen LogP) is -1.14. The molecule has 1 aromatic rings. The largest absolute Gasteiger partial charge is 0.387 e. The minimum atomic E-state index is -0.348. The minimum absolute atomic E-state index is 0.0290. The highest BCUT2D eigenvalue weighted by Crippen LogP contribution is 2.07. The molecule has 13 heavy (non-hydrogen) atoms. The predicted molar refractivity (Wildman–Crippen MR) is 40.8 cm³/mol. The second-order valence-electron chi connectivity index (χ2n) is 2.76. The van der Waals surface area contributed by atoms with Crippen molar-refractivity contribution in [3.8, 4) is 6.01 Å². The summed E-state index contributed by atoms with van der Waals surface area (Å²) < 4.78 is 4.82. The van der Waals surface area contributed by atoms with Gasteiger partial charge in [0.05, 0.1) is 0 Å². The summed E-state index contributed by atoms with van der Waals surface area (Å²) in [5, 5.41) is 15.5. The van der Waals surface area contributed by atoms with E-state index >= 15 is 0 Å². The third-order valence-corrected chi connectivity index (χ3v) is 1.86. The van der Waals surface area contributed by atoms with E-state index in [0.29, 0.717) is 0 Å². The van der Waals surface area contributed by atoms with E-state index in [1.54, 1.807) is 0 Å². The van der Waals surface area contributed by atoms with Crippen LogP contribution >= 0.6 is 0 Å². The van der Waals surface area contributed by atoms with Gasteiger partial charge >= 0.3 is 12.0 Å². The Morgan fingerprint density at radius 2 is 2.54 bits per heavy atom. The van der Waals surface area contributed by atoms with Crippen LogP contribution in [0, 0.1) is 0 Å². The fourth-order valence-electron chi connectivity index (χ4n) is 1.24. The Morgan fingerprint density at radius 1 is 1.62 bits per heavy atom. The van der Waals surface area contributed by atoms with E-state index in [-0.39, 0.29) is 18.0 Å². The lowest BCUT2D eigenvalue weighted by Gasteiger charge is -2.05. The molecular formula is C6H9N5O2. The molecule has 0 bridgehead atoms. The van der Waals surface area contributed by atoms with Crippen molar-refractivity contribution in [2.24, 2.45) is 0 Å². The van der Waals surface area contributed by atoms with E-state index in [1.165, 1.54) is 0 Å². The van der Waals surface area contributed by atoms with Crippen LogP contribution in [0.5, 0.6) is 6.01 Å². The summed E-state index contributed by atoms with van der Waals surface area (Å²) in [6.45, 7) is 0.853. The van der Waals surface area contributed by atoms with E-state index in [2.05, 4.69) is 25.9 Å². The van der Waals surface area contributed by atoms with Gasteiger partial charge in [-0.05, 0) is 24.6 Å². The first kappa shape index (κ1) is 8.11. The standard InChI is InChI=1S/C6H9N5O2/c12-5(4-2-1-3-7-4)13-6-8-10-11-9-6/h4,7H,1-3H2,(H,8,9,10,11)/t4-/m0/s1. The Morgan fingerprint density at radius 3 is 3.15 bits per heavy atom. The lowest BCUT2D eigenvalue weighted by atomic mass is 10.2. The number of nitrogens with one attached hydrogen (secondary N) is 2. The lowest BCUT2D eigenvalue weighted by molar-refractivity contribution is -0.136. The molecule has 0 aliphatic carbocycles. The van der Waals surface area contributed by atoms with Crippen molar-refractivity contribution in [2.45, 2.75) is 18.9 Å². The molecule has 7 heteroatoms. The third kappa shape index (κ3) is 1.81. The Labute approximate surface area is 73.8 Å². The van der Waals surface area contributed by atoms with Gasteiger partial charge in [-0.15, -0.1) is 0 Å². The molecule has 1 aliphatic heterocycles. The fraction of sp³-hybridized carbons (Fsp3) is 0.667. The Bertz CT molecular complexity index is 279. The van der Waals surface area contributed by atoms with Crippen LogP contribution in [0.2, 0.25) is 0 Å². The number of nitrogens with zero attached hydrogens (tertiary/aromatic N) is 3. The van der Waals surface area contributed by atoms with Gasteiger partial charge in [0.25, 0.3) is 0 Å². The molecule has 2 rings (SSSR count).